The highest BCUT2D eigenvalue weighted by Crippen LogP contribution is 2.39. The lowest BCUT2D eigenvalue weighted by molar-refractivity contribution is -0.153. The molecule has 27 heavy (non-hydrogen) atoms. The molecule has 0 saturated heterocycles. The summed E-state index contributed by atoms with van der Waals surface area (Å²) in [5.74, 6) is -1.18. The number of carboxylic acids is 1. The molecule has 0 aliphatic carbocycles. The van der Waals surface area contributed by atoms with Crippen LogP contribution in [-0.2, 0) is 16.1 Å². The van der Waals surface area contributed by atoms with Crippen LogP contribution in [0.1, 0.15) is 24.0 Å². The molecule has 4 heterocycles. The van der Waals surface area contributed by atoms with Crippen LogP contribution in [0.2, 0.25) is 0 Å². The maximum absolute atomic E-state index is 14.0. The Morgan fingerprint density at radius 1 is 1.07 bits per heavy atom. The Morgan fingerprint density at radius 3 is 2.22 bits per heavy atom. The standard InChI is InChI=1S/C9H7FN2O.C9H8FNO3/c10-9(6-11)3-5-13-8-7(9)2-1-4-12-8;10-9(8(12)13)3-5-14-7-6(9)2-1-4-11-7/h1-2,4H,3,5H2;1-2,4H,3,5H2,(H,12,13). The van der Waals surface area contributed by atoms with Crippen LogP contribution in [0.5, 0.6) is 11.8 Å². The van der Waals surface area contributed by atoms with Crippen molar-refractivity contribution in [3.05, 3.63) is 47.8 Å². The zero-order chi connectivity index (χ0) is 19.5. The second-order valence-corrected chi connectivity index (χ2v) is 5.93. The summed E-state index contributed by atoms with van der Waals surface area (Å²) in [4.78, 5) is 18.4. The van der Waals surface area contributed by atoms with Crippen LogP contribution in [0.3, 0.4) is 0 Å². The number of hydrogen-bond acceptors (Lipinski definition) is 6. The van der Waals surface area contributed by atoms with E-state index >= 15 is 0 Å². The Bertz CT molecular complexity index is 904. The molecule has 4 rings (SSSR count). The molecule has 2 aliphatic heterocycles. The van der Waals surface area contributed by atoms with Crippen molar-refractivity contribution in [1.29, 1.82) is 5.26 Å². The average Bonchev–Trinajstić information content (AvgIpc) is 2.69. The lowest BCUT2D eigenvalue weighted by Crippen LogP contribution is -2.36. The van der Waals surface area contributed by atoms with Crippen LogP contribution in [0.25, 0.3) is 0 Å². The van der Waals surface area contributed by atoms with E-state index < -0.39 is 17.3 Å². The molecular formula is C18H15F2N3O4. The van der Waals surface area contributed by atoms with Gasteiger partial charge in [-0.3, -0.25) is 0 Å². The summed E-state index contributed by atoms with van der Waals surface area (Å²) in [5, 5.41) is 17.5. The van der Waals surface area contributed by atoms with Crippen molar-refractivity contribution < 1.29 is 28.2 Å². The molecule has 0 amide bonds. The Labute approximate surface area is 153 Å². The van der Waals surface area contributed by atoms with E-state index in [-0.39, 0.29) is 48.9 Å². The number of carbonyl (C=O) groups is 1. The van der Waals surface area contributed by atoms with E-state index in [1.165, 1.54) is 30.6 Å². The fourth-order valence-corrected chi connectivity index (χ4v) is 2.80. The van der Waals surface area contributed by atoms with Crippen LogP contribution in [0.15, 0.2) is 36.7 Å². The molecule has 1 N–H and O–H groups in total. The van der Waals surface area contributed by atoms with Gasteiger partial charge in [-0.15, -0.1) is 0 Å². The zero-order valence-corrected chi connectivity index (χ0v) is 14.1. The molecule has 2 atom stereocenters. The number of fused-ring (bicyclic) bond motifs is 2. The van der Waals surface area contributed by atoms with Crippen molar-refractivity contribution in [3.8, 4) is 17.8 Å². The van der Waals surface area contributed by atoms with Crippen molar-refractivity contribution in [2.24, 2.45) is 0 Å². The van der Waals surface area contributed by atoms with Crippen molar-refractivity contribution >= 4 is 5.97 Å². The first-order valence-corrected chi connectivity index (χ1v) is 8.10. The Hall–Kier alpha value is -3.28. The second-order valence-electron chi connectivity index (χ2n) is 5.93. The zero-order valence-electron chi connectivity index (χ0n) is 14.1. The van der Waals surface area contributed by atoms with E-state index in [0.717, 1.165) is 0 Å². The molecule has 0 aromatic carbocycles. The molecule has 2 aromatic rings. The topological polar surface area (TPSA) is 105 Å². The van der Waals surface area contributed by atoms with Crippen molar-refractivity contribution in [3.63, 3.8) is 0 Å². The van der Waals surface area contributed by atoms with Crippen LogP contribution >= 0.6 is 0 Å². The van der Waals surface area contributed by atoms with Gasteiger partial charge in [-0.25, -0.2) is 23.5 Å². The maximum atomic E-state index is 14.0. The monoisotopic (exact) mass is 375 g/mol. The molecule has 2 aromatic heterocycles. The van der Waals surface area contributed by atoms with E-state index in [0.29, 0.717) is 0 Å². The molecule has 9 heteroatoms. The number of rotatable bonds is 1. The number of nitrogens with zero attached hydrogens (tertiary/aromatic N) is 3. The second kappa shape index (κ2) is 7.15. The molecule has 2 aliphatic rings. The normalized spacial score (nSPS) is 25.2. The third-order valence-electron chi connectivity index (χ3n) is 4.28. The molecule has 0 radical (unpaired) electrons. The number of aromatic nitrogens is 2. The van der Waals surface area contributed by atoms with Gasteiger partial charge in [0, 0.05) is 25.2 Å². The van der Waals surface area contributed by atoms with Gasteiger partial charge in [0.25, 0.3) is 0 Å². The SMILES string of the molecule is N#CC1(F)CCOc2ncccc21.O=C(O)C1(F)CCOc2ncccc21. The van der Waals surface area contributed by atoms with E-state index in [1.54, 1.807) is 12.1 Å². The van der Waals surface area contributed by atoms with Crippen molar-refractivity contribution in [2.75, 3.05) is 13.2 Å². The molecule has 0 saturated carbocycles. The summed E-state index contributed by atoms with van der Waals surface area (Å²) < 4.78 is 38.0. The van der Waals surface area contributed by atoms with Gasteiger partial charge in [-0.2, -0.15) is 5.26 Å². The number of alkyl halides is 2. The van der Waals surface area contributed by atoms with Gasteiger partial charge < -0.3 is 14.6 Å². The summed E-state index contributed by atoms with van der Waals surface area (Å²) >= 11 is 0. The minimum Gasteiger partial charge on any atom is -0.479 e. The smallest absolute Gasteiger partial charge is 0.346 e. The Morgan fingerprint density at radius 2 is 1.63 bits per heavy atom. The third-order valence-corrected chi connectivity index (χ3v) is 4.28. The van der Waals surface area contributed by atoms with Crippen molar-refractivity contribution in [1.82, 2.24) is 9.97 Å². The number of ether oxygens (including phenoxy) is 2. The summed E-state index contributed by atoms with van der Waals surface area (Å²) in [6.45, 7) is 0.237. The fourth-order valence-electron chi connectivity index (χ4n) is 2.80. The molecule has 2 unspecified atom stereocenters. The van der Waals surface area contributed by atoms with Gasteiger partial charge in [0.15, 0.2) is 0 Å². The molecule has 140 valence electrons. The third kappa shape index (κ3) is 3.38. The van der Waals surface area contributed by atoms with E-state index in [1.807, 2.05) is 0 Å². The van der Waals surface area contributed by atoms with Gasteiger partial charge in [0.2, 0.25) is 23.1 Å². The number of aliphatic carboxylic acids is 1. The number of hydrogen-bond donors (Lipinski definition) is 1. The summed E-state index contributed by atoms with van der Waals surface area (Å²) in [6.07, 6.45) is 2.84. The molecular weight excluding hydrogens is 360 g/mol. The van der Waals surface area contributed by atoms with Crippen LogP contribution in [0, 0.1) is 11.3 Å². The number of carboxylic acid groups (broad SMARTS) is 1. The molecule has 0 fully saturated rings. The largest absolute Gasteiger partial charge is 0.479 e. The first-order chi connectivity index (χ1) is 12.9. The molecule has 7 nitrogen and oxygen atoms in total. The molecule has 0 spiro atoms. The highest BCUT2D eigenvalue weighted by atomic mass is 19.1. The lowest BCUT2D eigenvalue weighted by Gasteiger charge is -2.27. The Balaban J connectivity index is 0.000000156. The Kier molecular flexibility index (Phi) is 4.90. The first kappa shape index (κ1) is 18.5. The van der Waals surface area contributed by atoms with Gasteiger partial charge in [-0.05, 0) is 24.3 Å². The quantitative estimate of drug-likeness (QED) is 0.817. The van der Waals surface area contributed by atoms with Crippen molar-refractivity contribution in [2.45, 2.75) is 24.2 Å². The predicted molar refractivity (Wildman–Crippen MR) is 87.5 cm³/mol. The number of pyridine rings is 2. The van der Waals surface area contributed by atoms with E-state index in [2.05, 4.69) is 9.97 Å². The molecule has 0 bridgehead atoms. The van der Waals surface area contributed by atoms with Crippen LogP contribution in [-0.4, -0.2) is 34.3 Å². The summed E-state index contributed by atoms with van der Waals surface area (Å²) in [5.41, 5.74) is -4.05. The first-order valence-electron chi connectivity index (χ1n) is 8.10. The maximum Gasteiger partial charge on any atom is 0.346 e. The predicted octanol–water partition coefficient (Wildman–Crippen LogP) is 2.67. The van der Waals surface area contributed by atoms with Gasteiger partial charge in [0.05, 0.1) is 24.3 Å². The number of nitriles is 1. The minimum absolute atomic E-state index is 0.00116. The van der Waals surface area contributed by atoms with E-state index in [4.69, 9.17) is 19.8 Å². The number of halogens is 2. The van der Waals surface area contributed by atoms with Crippen LogP contribution in [0.4, 0.5) is 8.78 Å². The highest BCUT2D eigenvalue weighted by Gasteiger charge is 2.46. The van der Waals surface area contributed by atoms with Gasteiger partial charge in [0.1, 0.15) is 6.07 Å². The average molecular weight is 375 g/mol. The fraction of sp³-hybridized carbons (Fsp3) is 0.333. The minimum atomic E-state index is -2.36. The lowest BCUT2D eigenvalue weighted by atomic mass is 9.92. The van der Waals surface area contributed by atoms with Gasteiger partial charge >= 0.3 is 5.97 Å². The highest BCUT2D eigenvalue weighted by molar-refractivity contribution is 5.80. The van der Waals surface area contributed by atoms with E-state index in [9.17, 15) is 13.6 Å². The van der Waals surface area contributed by atoms with Gasteiger partial charge in [-0.1, -0.05) is 0 Å². The summed E-state index contributed by atoms with van der Waals surface area (Å²) in [6, 6.07) is 7.65. The van der Waals surface area contributed by atoms with Crippen LogP contribution < -0.4 is 9.47 Å². The summed E-state index contributed by atoms with van der Waals surface area (Å²) in [7, 11) is 0.